The first-order chi connectivity index (χ1) is 7.10. The minimum atomic E-state index is 0.319. The van der Waals surface area contributed by atoms with Crippen molar-refractivity contribution in [3.8, 4) is 0 Å². The van der Waals surface area contributed by atoms with Crippen LogP contribution in [0.1, 0.15) is 40.0 Å². The van der Waals surface area contributed by atoms with Crippen LogP contribution in [-0.2, 0) is 4.74 Å². The van der Waals surface area contributed by atoms with Gasteiger partial charge in [-0.25, -0.2) is 0 Å². The average molecular weight is 221 g/mol. The third-order valence-corrected chi connectivity index (χ3v) is 1.30. The minimum absolute atomic E-state index is 0.319. The highest BCUT2D eigenvalue weighted by Crippen LogP contribution is 1.76. The molecule has 0 aliphatic carbocycles. The van der Waals surface area contributed by atoms with E-state index >= 15 is 0 Å². The molecular formula is C12H31NO2. The van der Waals surface area contributed by atoms with Crippen LogP contribution in [0, 0.1) is 0 Å². The first-order valence-corrected chi connectivity index (χ1v) is 5.85. The quantitative estimate of drug-likeness (QED) is 0.774. The molecule has 3 heteroatoms. The van der Waals surface area contributed by atoms with Gasteiger partial charge in [0.2, 0.25) is 0 Å². The fourth-order valence-electron chi connectivity index (χ4n) is 0.651. The Balaban J connectivity index is -0.000000147. The molecule has 0 atom stereocenters. The fourth-order valence-corrected chi connectivity index (χ4v) is 0.651. The van der Waals surface area contributed by atoms with Crippen LogP contribution in [0.2, 0.25) is 0 Å². The summed E-state index contributed by atoms with van der Waals surface area (Å²) in [5.74, 6) is 0. The SMILES string of the molecule is CCCN(C)C.CCCO.CCCOC. The predicted octanol–water partition coefficient (Wildman–Crippen LogP) is 2.39. The summed E-state index contributed by atoms with van der Waals surface area (Å²) in [5.41, 5.74) is 0. The van der Waals surface area contributed by atoms with Gasteiger partial charge in [0.05, 0.1) is 0 Å². The molecule has 0 aliphatic heterocycles. The Morgan fingerprint density at radius 2 is 1.47 bits per heavy atom. The van der Waals surface area contributed by atoms with Crippen molar-refractivity contribution < 1.29 is 9.84 Å². The largest absolute Gasteiger partial charge is 0.396 e. The zero-order valence-electron chi connectivity index (χ0n) is 11.5. The molecule has 3 nitrogen and oxygen atoms in total. The second-order valence-corrected chi connectivity index (χ2v) is 3.52. The predicted molar refractivity (Wildman–Crippen MR) is 68.4 cm³/mol. The lowest BCUT2D eigenvalue weighted by atomic mass is 10.5. The van der Waals surface area contributed by atoms with Crippen molar-refractivity contribution in [1.82, 2.24) is 4.90 Å². The monoisotopic (exact) mass is 221 g/mol. The summed E-state index contributed by atoms with van der Waals surface area (Å²) in [5, 5.41) is 7.88. The highest BCUT2D eigenvalue weighted by atomic mass is 16.5. The van der Waals surface area contributed by atoms with Gasteiger partial charge in [-0.1, -0.05) is 20.8 Å². The summed E-state index contributed by atoms with van der Waals surface area (Å²) in [4.78, 5) is 2.18. The van der Waals surface area contributed by atoms with Gasteiger partial charge in [0.15, 0.2) is 0 Å². The fraction of sp³-hybridized carbons (Fsp3) is 1.00. The standard InChI is InChI=1S/C5H13N.C4H10O.C3H8O/c1-4-5-6(2)3;1-3-4-5-2;1-2-3-4/h4-5H2,1-3H3;3-4H2,1-2H3;4H,2-3H2,1H3. The molecule has 0 spiro atoms. The third kappa shape index (κ3) is 56.7. The normalized spacial score (nSPS) is 8.80. The van der Waals surface area contributed by atoms with Crippen LogP contribution in [-0.4, -0.2) is 51.0 Å². The van der Waals surface area contributed by atoms with Gasteiger partial charge in [-0.2, -0.15) is 0 Å². The molecule has 0 heterocycles. The number of aliphatic hydroxyl groups is 1. The number of hydrogen-bond acceptors (Lipinski definition) is 3. The first-order valence-electron chi connectivity index (χ1n) is 5.85. The average Bonchev–Trinajstić information content (AvgIpc) is 2.20. The van der Waals surface area contributed by atoms with Crippen molar-refractivity contribution in [2.75, 3.05) is 41.0 Å². The lowest BCUT2D eigenvalue weighted by molar-refractivity contribution is 0.199. The second kappa shape index (κ2) is 23.6. The summed E-state index contributed by atoms with van der Waals surface area (Å²) in [6.45, 7) is 8.61. The Hall–Kier alpha value is -0.120. The molecule has 0 fully saturated rings. The van der Waals surface area contributed by atoms with E-state index in [-0.39, 0.29) is 0 Å². The number of ether oxygens (including phenoxy) is 1. The summed E-state index contributed by atoms with van der Waals surface area (Å²) in [7, 11) is 5.89. The molecule has 15 heavy (non-hydrogen) atoms. The van der Waals surface area contributed by atoms with Crippen molar-refractivity contribution in [2.24, 2.45) is 0 Å². The molecule has 0 aromatic rings. The van der Waals surface area contributed by atoms with E-state index in [2.05, 4.69) is 32.8 Å². The molecule has 0 amide bonds. The highest BCUT2D eigenvalue weighted by Gasteiger charge is 1.79. The molecule has 0 aromatic carbocycles. The number of hydrogen-bond donors (Lipinski definition) is 1. The maximum Gasteiger partial charge on any atom is 0.0459 e. The van der Waals surface area contributed by atoms with E-state index in [1.54, 1.807) is 7.11 Å². The summed E-state index contributed by atoms with van der Waals surface area (Å²) in [6.07, 6.45) is 3.25. The van der Waals surface area contributed by atoms with Crippen molar-refractivity contribution in [3.05, 3.63) is 0 Å². The molecule has 0 bridgehead atoms. The van der Waals surface area contributed by atoms with Gasteiger partial charge in [-0.3, -0.25) is 0 Å². The van der Waals surface area contributed by atoms with Crippen LogP contribution in [0.3, 0.4) is 0 Å². The topological polar surface area (TPSA) is 32.7 Å². The Morgan fingerprint density at radius 3 is 1.47 bits per heavy atom. The molecule has 96 valence electrons. The Bertz CT molecular complexity index is 74.0. The Labute approximate surface area is 96.4 Å². The van der Waals surface area contributed by atoms with Crippen molar-refractivity contribution >= 4 is 0 Å². The van der Waals surface area contributed by atoms with E-state index in [0.29, 0.717) is 6.61 Å². The zero-order chi connectivity index (χ0) is 12.5. The van der Waals surface area contributed by atoms with Gasteiger partial charge in [0.1, 0.15) is 0 Å². The number of aliphatic hydroxyl groups excluding tert-OH is 1. The maximum absolute atomic E-state index is 7.88. The molecular weight excluding hydrogens is 190 g/mol. The van der Waals surface area contributed by atoms with Crippen LogP contribution in [0.4, 0.5) is 0 Å². The second-order valence-electron chi connectivity index (χ2n) is 3.52. The number of nitrogens with zero attached hydrogens (tertiary/aromatic N) is 1. The molecule has 0 rings (SSSR count). The number of methoxy groups -OCH3 is 1. The zero-order valence-corrected chi connectivity index (χ0v) is 11.5. The Morgan fingerprint density at radius 1 is 1.00 bits per heavy atom. The lowest BCUT2D eigenvalue weighted by Crippen LogP contribution is -2.11. The smallest absolute Gasteiger partial charge is 0.0459 e. The summed E-state index contributed by atoms with van der Waals surface area (Å²) >= 11 is 0. The van der Waals surface area contributed by atoms with Crippen LogP contribution < -0.4 is 0 Å². The highest BCUT2D eigenvalue weighted by molar-refractivity contribution is 4.34. The van der Waals surface area contributed by atoms with Gasteiger partial charge in [0.25, 0.3) is 0 Å². The van der Waals surface area contributed by atoms with Crippen LogP contribution >= 0.6 is 0 Å². The van der Waals surface area contributed by atoms with E-state index in [0.717, 1.165) is 19.4 Å². The van der Waals surface area contributed by atoms with E-state index in [9.17, 15) is 0 Å². The number of rotatable bonds is 5. The van der Waals surface area contributed by atoms with E-state index in [4.69, 9.17) is 9.84 Å². The molecule has 0 aliphatic rings. The molecule has 0 unspecified atom stereocenters. The van der Waals surface area contributed by atoms with Crippen LogP contribution in [0.5, 0.6) is 0 Å². The minimum Gasteiger partial charge on any atom is -0.396 e. The van der Waals surface area contributed by atoms with E-state index < -0.39 is 0 Å². The van der Waals surface area contributed by atoms with E-state index in [1.165, 1.54) is 13.0 Å². The first kappa shape index (κ1) is 20.3. The summed E-state index contributed by atoms with van der Waals surface area (Å²) < 4.78 is 4.69. The molecule has 0 saturated carbocycles. The maximum atomic E-state index is 7.88. The van der Waals surface area contributed by atoms with Gasteiger partial charge >= 0.3 is 0 Å². The van der Waals surface area contributed by atoms with Gasteiger partial charge in [-0.05, 0) is 39.9 Å². The van der Waals surface area contributed by atoms with Gasteiger partial charge in [-0.15, -0.1) is 0 Å². The molecule has 0 radical (unpaired) electrons. The van der Waals surface area contributed by atoms with Gasteiger partial charge < -0.3 is 14.7 Å². The Kier molecular flexibility index (Phi) is 31.9. The van der Waals surface area contributed by atoms with Gasteiger partial charge in [0, 0.05) is 20.3 Å². The molecule has 1 N–H and O–H groups in total. The van der Waals surface area contributed by atoms with Crippen molar-refractivity contribution in [2.45, 2.75) is 40.0 Å². The molecule has 0 aromatic heterocycles. The third-order valence-electron chi connectivity index (χ3n) is 1.30. The van der Waals surface area contributed by atoms with E-state index in [1.807, 2.05) is 6.92 Å². The molecule has 0 saturated heterocycles. The lowest BCUT2D eigenvalue weighted by Gasteiger charge is -2.03. The van der Waals surface area contributed by atoms with Crippen LogP contribution in [0.25, 0.3) is 0 Å². The summed E-state index contributed by atoms with van der Waals surface area (Å²) in [6, 6.07) is 0. The van der Waals surface area contributed by atoms with Crippen molar-refractivity contribution in [1.29, 1.82) is 0 Å². The van der Waals surface area contributed by atoms with Crippen LogP contribution in [0.15, 0.2) is 0 Å². The van der Waals surface area contributed by atoms with Crippen molar-refractivity contribution in [3.63, 3.8) is 0 Å².